The molecule has 0 spiro atoms. The molecule has 0 aliphatic carbocycles. The summed E-state index contributed by atoms with van der Waals surface area (Å²) >= 11 is 0. The number of carboxylic acids is 1. The van der Waals surface area contributed by atoms with Gasteiger partial charge in [-0.05, 0) is 18.6 Å². The fourth-order valence-electron chi connectivity index (χ4n) is 1.88. The van der Waals surface area contributed by atoms with Gasteiger partial charge < -0.3 is 9.63 Å². The minimum atomic E-state index is -3.92. The van der Waals surface area contributed by atoms with Gasteiger partial charge in [0.05, 0.1) is 4.90 Å². The smallest absolute Gasteiger partial charge is 0.318 e. The quantitative estimate of drug-likeness (QED) is 0.874. The molecule has 0 amide bonds. The van der Waals surface area contributed by atoms with E-state index in [0.29, 0.717) is 17.0 Å². The number of hydrogen-bond donors (Lipinski definition) is 1. The standard InChI is InChI=1S/C13H15N3O5S/c1-8-4-5-10(13-14-9(2)21-15-13)6-11(8)22(19,20)16(3)7-12(17)18/h4-6H,7H2,1-3H3,(H,17,18). The number of likely N-dealkylation sites (N-methyl/N-ethyl adjacent to an activating group) is 1. The van der Waals surface area contributed by atoms with E-state index < -0.39 is 22.5 Å². The minimum Gasteiger partial charge on any atom is -0.480 e. The number of carboxylic acid groups (broad SMARTS) is 1. The largest absolute Gasteiger partial charge is 0.480 e. The fourth-order valence-corrected chi connectivity index (χ4v) is 3.24. The Balaban J connectivity index is 2.48. The Morgan fingerprint density at radius 3 is 2.59 bits per heavy atom. The number of aliphatic carboxylic acids is 1. The highest BCUT2D eigenvalue weighted by Crippen LogP contribution is 2.25. The van der Waals surface area contributed by atoms with Crippen LogP contribution < -0.4 is 0 Å². The van der Waals surface area contributed by atoms with E-state index >= 15 is 0 Å². The summed E-state index contributed by atoms with van der Waals surface area (Å²) in [6, 6.07) is 4.70. The first-order chi connectivity index (χ1) is 10.2. The van der Waals surface area contributed by atoms with Crippen LogP contribution in [0.4, 0.5) is 0 Å². The molecule has 22 heavy (non-hydrogen) atoms. The van der Waals surface area contributed by atoms with E-state index in [0.717, 1.165) is 4.31 Å². The zero-order chi connectivity index (χ0) is 16.5. The van der Waals surface area contributed by atoms with Crippen molar-refractivity contribution in [1.82, 2.24) is 14.4 Å². The predicted octanol–water partition coefficient (Wildman–Crippen LogP) is 1.06. The molecule has 0 unspecified atom stereocenters. The van der Waals surface area contributed by atoms with Crippen molar-refractivity contribution < 1.29 is 22.8 Å². The van der Waals surface area contributed by atoms with Crippen LogP contribution in [-0.2, 0) is 14.8 Å². The van der Waals surface area contributed by atoms with Crippen LogP contribution in [0, 0.1) is 13.8 Å². The van der Waals surface area contributed by atoms with E-state index in [-0.39, 0.29) is 10.7 Å². The van der Waals surface area contributed by atoms with E-state index in [1.807, 2.05) is 0 Å². The van der Waals surface area contributed by atoms with Gasteiger partial charge in [-0.1, -0.05) is 17.3 Å². The monoisotopic (exact) mass is 325 g/mol. The molecule has 1 heterocycles. The molecule has 0 saturated carbocycles. The van der Waals surface area contributed by atoms with Gasteiger partial charge in [0.2, 0.25) is 21.7 Å². The highest BCUT2D eigenvalue weighted by molar-refractivity contribution is 7.89. The third-order valence-electron chi connectivity index (χ3n) is 3.02. The molecule has 0 aliphatic heterocycles. The molecule has 118 valence electrons. The van der Waals surface area contributed by atoms with Crippen molar-refractivity contribution in [2.24, 2.45) is 0 Å². The maximum absolute atomic E-state index is 12.5. The number of aromatic nitrogens is 2. The fraction of sp³-hybridized carbons (Fsp3) is 0.308. The number of aryl methyl sites for hydroxylation is 2. The van der Waals surface area contributed by atoms with Crippen LogP contribution in [0.5, 0.6) is 0 Å². The van der Waals surface area contributed by atoms with Crippen LogP contribution >= 0.6 is 0 Å². The van der Waals surface area contributed by atoms with Gasteiger partial charge in [0.1, 0.15) is 6.54 Å². The molecule has 8 nitrogen and oxygen atoms in total. The second-order valence-corrected chi connectivity index (χ2v) is 6.79. The molecule has 2 aromatic rings. The van der Waals surface area contributed by atoms with Crippen LogP contribution in [0.2, 0.25) is 0 Å². The highest BCUT2D eigenvalue weighted by Gasteiger charge is 2.25. The minimum absolute atomic E-state index is 0.0104. The van der Waals surface area contributed by atoms with Crippen LogP contribution in [0.25, 0.3) is 11.4 Å². The summed E-state index contributed by atoms with van der Waals surface area (Å²) in [5.74, 6) is -0.591. The van der Waals surface area contributed by atoms with Crippen LogP contribution in [0.15, 0.2) is 27.6 Å². The number of benzene rings is 1. The number of rotatable bonds is 5. The number of nitrogens with zero attached hydrogens (tertiary/aromatic N) is 3. The maximum atomic E-state index is 12.5. The molecule has 1 aromatic carbocycles. The molecule has 9 heteroatoms. The molecule has 0 saturated heterocycles. The molecule has 2 rings (SSSR count). The lowest BCUT2D eigenvalue weighted by Gasteiger charge is -2.17. The van der Waals surface area contributed by atoms with Crippen molar-refractivity contribution in [1.29, 1.82) is 0 Å². The summed E-state index contributed by atoms with van der Waals surface area (Å²) in [6.45, 7) is 2.64. The van der Waals surface area contributed by atoms with E-state index in [2.05, 4.69) is 10.1 Å². The van der Waals surface area contributed by atoms with Crippen molar-refractivity contribution in [3.63, 3.8) is 0 Å². The first-order valence-electron chi connectivity index (χ1n) is 6.31. The average molecular weight is 325 g/mol. The molecule has 0 bridgehead atoms. The third kappa shape index (κ3) is 3.15. The summed E-state index contributed by atoms with van der Waals surface area (Å²) in [4.78, 5) is 14.8. The second-order valence-electron chi connectivity index (χ2n) is 4.77. The van der Waals surface area contributed by atoms with Crippen molar-refractivity contribution in [3.05, 3.63) is 29.7 Å². The van der Waals surface area contributed by atoms with E-state index in [1.54, 1.807) is 26.0 Å². The topological polar surface area (TPSA) is 114 Å². The van der Waals surface area contributed by atoms with Gasteiger partial charge in [-0.3, -0.25) is 4.79 Å². The first-order valence-corrected chi connectivity index (χ1v) is 7.75. The Morgan fingerprint density at radius 1 is 1.36 bits per heavy atom. The Bertz CT molecular complexity index is 813. The average Bonchev–Trinajstić information content (AvgIpc) is 2.85. The van der Waals surface area contributed by atoms with E-state index in [9.17, 15) is 13.2 Å². The highest BCUT2D eigenvalue weighted by atomic mass is 32.2. The van der Waals surface area contributed by atoms with Crippen molar-refractivity contribution in [2.75, 3.05) is 13.6 Å². The lowest BCUT2D eigenvalue weighted by Crippen LogP contribution is -2.32. The molecule has 0 aliphatic rings. The Kier molecular flexibility index (Phi) is 4.29. The molecule has 0 fully saturated rings. The Morgan fingerprint density at radius 2 is 2.05 bits per heavy atom. The Hall–Kier alpha value is -2.26. The van der Waals surface area contributed by atoms with Crippen molar-refractivity contribution in [3.8, 4) is 11.4 Å². The molecular weight excluding hydrogens is 310 g/mol. The molecular formula is C13H15N3O5S. The van der Waals surface area contributed by atoms with Crippen molar-refractivity contribution >= 4 is 16.0 Å². The maximum Gasteiger partial charge on any atom is 0.318 e. The predicted molar refractivity (Wildman–Crippen MR) is 76.7 cm³/mol. The van der Waals surface area contributed by atoms with Crippen LogP contribution in [0.1, 0.15) is 11.5 Å². The number of sulfonamides is 1. The lowest BCUT2D eigenvalue weighted by molar-refractivity contribution is -0.137. The first kappa shape index (κ1) is 16.1. The summed E-state index contributed by atoms with van der Waals surface area (Å²) < 4.78 is 30.6. The summed E-state index contributed by atoms with van der Waals surface area (Å²) in [7, 11) is -2.71. The van der Waals surface area contributed by atoms with Gasteiger partial charge in [-0.2, -0.15) is 9.29 Å². The van der Waals surface area contributed by atoms with Gasteiger partial charge >= 0.3 is 5.97 Å². The molecule has 0 radical (unpaired) electrons. The molecule has 1 N–H and O–H groups in total. The van der Waals surface area contributed by atoms with Crippen LogP contribution in [0.3, 0.4) is 0 Å². The van der Waals surface area contributed by atoms with Gasteiger partial charge in [-0.15, -0.1) is 0 Å². The van der Waals surface area contributed by atoms with Gasteiger partial charge in [0.25, 0.3) is 0 Å². The lowest BCUT2D eigenvalue weighted by atomic mass is 10.1. The second kappa shape index (κ2) is 5.85. The summed E-state index contributed by atoms with van der Waals surface area (Å²) in [6.07, 6.45) is 0. The zero-order valence-electron chi connectivity index (χ0n) is 12.3. The van der Waals surface area contributed by atoms with E-state index in [4.69, 9.17) is 9.63 Å². The number of carbonyl (C=O) groups is 1. The summed E-state index contributed by atoms with van der Waals surface area (Å²) in [5.41, 5.74) is 0.978. The molecule has 0 atom stereocenters. The SMILES string of the molecule is Cc1nc(-c2ccc(C)c(S(=O)(=O)N(C)CC(=O)O)c2)no1. The zero-order valence-corrected chi connectivity index (χ0v) is 13.1. The van der Waals surface area contributed by atoms with Gasteiger partial charge in [0.15, 0.2) is 0 Å². The van der Waals surface area contributed by atoms with Crippen LogP contribution in [-0.4, -0.2) is 47.5 Å². The van der Waals surface area contributed by atoms with Gasteiger partial charge in [0, 0.05) is 19.5 Å². The van der Waals surface area contributed by atoms with E-state index in [1.165, 1.54) is 13.1 Å². The summed E-state index contributed by atoms with van der Waals surface area (Å²) in [5, 5.41) is 12.5. The molecule has 1 aromatic heterocycles. The number of hydrogen-bond acceptors (Lipinski definition) is 6. The third-order valence-corrected chi connectivity index (χ3v) is 4.97. The Labute approximate surface area is 127 Å². The normalized spacial score (nSPS) is 11.8. The van der Waals surface area contributed by atoms with Gasteiger partial charge in [-0.25, -0.2) is 8.42 Å². The van der Waals surface area contributed by atoms with Crippen molar-refractivity contribution in [2.45, 2.75) is 18.7 Å².